The SMILES string of the molecule is OCC1=C[C@H](NCc2ccc(O)cc2)[C@H](O)C(O)[C@@H]1O. The molecular weight excluding hydrogens is 262 g/mol. The highest BCUT2D eigenvalue weighted by Gasteiger charge is 2.36. The van der Waals surface area contributed by atoms with Gasteiger partial charge in [-0.1, -0.05) is 18.2 Å². The van der Waals surface area contributed by atoms with Gasteiger partial charge in [0.15, 0.2) is 0 Å². The molecule has 110 valence electrons. The number of hydrogen-bond acceptors (Lipinski definition) is 6. The van der Waals surface area contributed by atoms with Crippen LogP contribution in [-0.2, 0) is 6.54 Å². The molecule has 0 amide bonds. The van der Waals surface area contributed by atoms with E-state index in [0.717, 1.165) is 5.56 Å². The zero-order chi connectivity index (χ0) is 14.7. The molecule has 6 heteroatoms. The van der Waals surface area contributed by atoms with E-state index in [1.54, 1.807) is 24.3 Å². The third-order valence-corrected chi connectivity index (χ3v) is 3.48. The maximum Gasteiger partial charge on any atom is 0.115 e. The maximum absolute atomic E-state index is 9.90. The highest BCUT2D eigenvalue weighted by Crippen LogP contribution is 2.20. The summed E-state index contributed by atoms with van der Waals surface area (Å²) in [5, 5.41) is 50.6. The summed E-state index contributed by atoms with van der Waals surface area (Å²) in [4.78, 5) is 0. The van der Waals surface area contributed by atoms with Crippen LogP contribution in [-0.4, -0.2) is 56.5 Å². The molecule has 0 aromatic heterocycles. The van der Waals surface area contributed by atoms with E-state index in [2.05, 4.69) is 5.32 Å². The van der Waals surface area contributed by atoms with Crippen LogP contribution in [0.3, 0.4) is 0 Å². The van der Waals surface area contributed by atoms with Crippen molar-refractivity contribution in [2.24, 2.45) is 0 Å². The van der Waals surface area contributed by atoms with Crippen LogP contribution in [0.1, 0.15) is 5.56 Å². The van der Waals surface area contributed by atoms with Crippen molar-refractivity contribution >= 4 is 0 Å². The van der Waals surface area contributed by atoms with Crippen LogP contribution < -0.4 is 5.32 Å². The monoisotopic (exact) mass is 281 g/mol. The minimum Gasteiger partial charge on any atom is -0.508 e. The minimum absolute atomic E-state index is 0.174. The molecule has 1 aromatic carbocycles. The topological polar surface area (TPSA) is 113 Å². The second-order valence-electron chi connectivity index (χ2n) is 4.90. The van der Waals surface area contributed by atoms with Crippen LogP contribution in [0, 0.1) is 0 Å². The first kappa shape index (κ1) is 15.0. The van der Waals surface area contributed by atoms with Crippen molar-refractivity contribution in [1.29, 1.82) is 0 Å². The minimum atomic E-state index is -1.33. The van der Waals surface area contributed by atoms with E-state index in [0.29, 0.717) is 6.54 Å². The number of phenolic OH excluding ortho intramolecular Hbond substituents is 1. The quantitative estimate of drug-likeness (QED) is 0.389. The lowest BCUT2D eigenvalue weighted by Gasteiger charge is -2.34. The van der Waals surface area contributed by atoms with Gasteiger partial charge in [0.1, 0.15) is 24.1 Å². The second-order valence-corrected chi connectivity index (χ2v) is 4.90. The lowest BCUT2D eigenvalue weighted by atomic mass is 9.88. The van der Waals surface area contributed by atoms with Gasteiger partial charge in [0.2, 0.25) is 0 Å². The van der Waals surface area contributed by atoms with Crippen molar-refractivity contribution in [2.45, 2.75) is 30.9 Å². The number of phenols is 1. The molecular formula is C14H19NO5. The molecule has 0 saturated heterocycles. The van der Waals surface area contributed by atoms with Crippen LogP contribution in [0.2, 0.25) is 0 Å². The molecule has 1 unspecified atom stereocenters. The number of aliphatic hydroxyl groups is 4. The fraction of sp³-hybridized carbons (Fsp3) is 0.429. The zero-order valence-electron chi connectivity index (χ0n) is 10.8. The highest BCUT2D eigenvalue weighted by molar-refractivity contribution is 5.26. The number of benzene rings is 1. The summed E-state index contributed by atoms with van der Waals surface area (Å²) in [6.07, 6.45) is -2.21. The van der Waals surface area contributed by atoms with Crippen molar-refractivity contribution in [3.8, 4) is 5.75 Å². The van der Waals surface area contributed by atoms with Crippen LogP contribution in [0.5, 0.6) is 5.75 Å². The molecule has 0 heterocycles. The Kier molecular flexibility index (Phi) is 4.74. The molecule has 1 aliphatic rings. The van der Waals surface area contributed by atoms with Gasteiger partial charge in [0.25, 0.3) is 0 Å². The van der Waals surface area contributed by atoms with E-state index in [1.165, 1.54) is 6.08 Å². The highest BCUT2D eigenvalue weighted by atomic mass is 16.4. The first-order valence-corrected chi connectivity index (χ1v) is 6.40. The van der Waals surface area contributed by atoms with Crippen LogP contribution in [0.4, 0.5) is 0 Å². The van der Waals surface area contributed by atoms with E-state index in [-0.39, 0.29) is 17.9 Å². The predicted octanol–water partition coefficient (Wildman–Crippen LogP) is -1.13. The number of aromatic hydroxyl groups is 1. The van der Waals surface area contributed by atoms with Gasteiger partial charge in [-0.05, 0) is 23.3 Å². The summed E-state index contributed by atoms with van der Waals surface area (Å²) >= 11 is 0. The van der Waals surface area contributed by atoms with E-state index >= 15 is 0 Å². The van der Waals surface area contributed by atoms with Gasteiger partial charge in [-0.2, -0.15) is 0 Å². The molecule has 0 spiro atoms. The molecule has 20 heavy (non-hydrogen) atoms. The van der Waals surface area contributed by atoms with Crippen LogP contribution in [0.15, 0.2) is 35.9 Å². The molecule has 0 bridgehead atoms. The van der Waals surface area contributed by atoms with Crippen molar-refractivity contribution in [3.05, 3.63) is 41.5 Å². The van der Waals surface area contributed by atoms with Gasteiger partial charge in [0, 0.05) is 6.54 Å². The fourth-order valence-electron chi connectivity index (χ4n) is 2.22. The molecule has 4 atom stereocenters. The van der Waals surface area contributed by atoms with Crippen LogP contribution in [0.25, 0.3) is 0 Å². The summed E-state index contributed by atoms with van der Waals surface area (Å²) in [6.45, 7) is 0.0440. The number of rotatable bonds is 4. The molecule has 2 rings (SSSR count). The van der Waals surface area contributed by atoms with Gasteiger partial charge in [0.05, 0.1) is 12.6 Å². The van der Waals surface area contributed by atoms with Gasteiger partial charge >= 0.3 is 0 Å². The molecule has 0 radical (unpaired) electrons. The Labute approximate surface area is 116 Å². The van der Waals surface area contributed by atoms with Crippen molar-refractivity contribution < 1.29 is 25.5 Å². The number of aliphatic hydroxyl groups excluding tert-OH is 4. The van der Waals surface area contributed by atoms with Crippen molar-refractivity contribution in [3.63, 3.8) is 0 Å². The number of hydrogen-bond donors (Lipinski definition) is 6. The Hall–Kier alpha value is -1.44. The molecule has 0 saturated carbocycles. The van der Waals surface area contributed by atoms with Crippen LogP contribution >= 0.6 is 0 Å². The molecule has 6 N–H and O–H groups in total. The Morgan fingerprint density at radius 2 is 1.65 bits per heavy atom. The van der Waals surface area contributed by atoms with Gasteiger partial charge in [-0.15, -0.1) is 0 Å². The predicted molar refractivity (Wildman–Crippen MR) is 71.9 cm³/mol. The van der Waals surface area contributed by atoms with Crippen molar-refractivity contribution in [1.82, 2.24) is 5.32 Å². The zero-order valence-corrected chi connectivity index (χ0v) is 10.8. The van der Waals surface area contributed by atoms with E-state index in [9.17, 15) is 20.4 Å². The summed E-state index contributed by atoms with van der Waals surface area (Å²) in [7, 11) is 0. The summed E-state index contributed by atoms with van der Waals surface area (Å²) in [5.41, 5.74) is 1.18. The Morgan fingerprint density at radius 1 is 1.00 bits per heavy atom. The van der Waals surface area contributed by atoms with Gasteiger partial charge < -0.3 is 30.8 Å². The smallest absolute Gasteiger partial charge is 0.115 e. The largest absolute Gasteiger partial charge is 0.508 e. The second kappa shape index (κ2) is 6.34. The summed E-state index contributed by atoms with van der Waals surface area (Å²) < 4.78 is 0. The third kappa shape index (κ3) is 3.17. The normalized spacial score (nSPS) is 30.1. The lowest BCUT2D eigenvalue weighted by molar-refractivity contribution is -0.0643. The average Bonchev–Trinajstić information content (AvgIpc) is 2.46. The molecule has 0 fully saturated rings. The Bertz CT molecular complexity index is 473. The van der Waals surface area contributed by atoms with Crippen molar-refractivity contribution in [2.75, 3.05) is 6.61 Å². The number of nitrogens with one attached hydrogen (secondary N) is 1. The molecule has 6 nitrogen and oxygen atoms in total. The van der Waals surface area contributed by atoms with E-state index < -0.39 is 24.4 Å². The fourth-order valence-corrected chi connectivity index (χ4v) is 2.22. The average molecular weight is 281 g/mol. The standard InChI is InChI=1S/C14H19NO5/c16-7-9-5-11(13(19)14(20)12(9)18)15-6-8-1-3-10(17)4-2-8/h1-5,11-20H,6-7H2/t11-,12+,13-,14?/m0/s1. The Morgan fingerprint density at radius 3 is 2.25 bits per heavy atom. The summed E-state index contributed by atoms with van der Waals surface area (Å²) in [5.74, 6) is 0.174. The molecule has 1 aromatic rings. The maximum atomic E-state index is 9.90. The van der Waals surface area contributed by atoms with E-state index in [1.807, 2.05) is 0 Å². The first-order chi connectivity index (χ1) is 9.52. The summed E-state index contributed by atoms with van der Waals surface area (Å²) in [6, 6.07) is 6.02. The Balaban J connectivity index is 2.04. The first-order valence-electron chi connectivity index (χ1n) is 6.40. The van der Waals surface area contributed by atoms with Gasteiger partial charge in [-0.25, -0.2) is 0 Å². The molecule has 1 aliphatic carbocycles. The lowest BCUT2D eigenvalue weighted by Crippen LogP contribution is -2.53. The van der Waals surface area contributed by atoms with E-state index in [4.69, 9.17) is 5.11 Å². The van der Waals surface area contributed by atoms with Gasteiger partial charge in [-0.3, -0.25) is 0 Å². The third-order valence-electron chi connectivity index (χ3n) is 3.48. The molecule has 0 aliphatic heterocycles.